The highest BCUT2D eigenvalue weighted by Crippen LogP contribution is 2.27. The molecule has 2 rings (SSSR count). The van der Waals surface area contributed by atoms with Crippen LogP contribution in [0.25, 0.3) is 0 Å². The molecule has 0 radical (unpaired) electrons. The zero-order valence-electron chi connectivity index (χ0n) is 13.3. The van der Waals surface area contributed by atoms with Gasteiger partial charge in [-0.1, -0.05) is 53.2 Å². The maximum Gasteiger partial charge on any atom is 0.0576 e. The van der Waals surface area contributed by atoms with Gasteiger partial charge >= 0.3 is 0 Å². The van der Waals surface area contributed by atoms with Crippen molar-refractivity contribution in [3.05, 3.63) is 68.7 Å². The van der Waals surface area contributed by atoms with Gasteiger partial charge in [0.2, 0.25) is 0 Å². The van der Waals surface area contributed by atoms with Gasteiger partial charge in [0, 0.05) is 4.47 Å². The van der Waals surface area contributed by atoms with E-state index in [0.29, 0.717) is 0 Å². The van der Waals surface area contributed by atoms with Crippen molar-refractivity contribution in [1.82, 2.24) is 5.32 Å². The molecule has 0 saturated carbocycles. The third-order valence-electron chi connectivity index (χ3n) is 3.98. The molecule has 0 fully saturated rings. The van der Waals surface area contributed by atoms with Crippen LogP contribution in [0.4, 0.5) is 0 Å². The highest BCUT2D eigenvalue weighted by atomic mass is 79.9. The molecule has 21 heavy (non-hydrogen) atoms. The zero-order valence-corrected chi connectivity index (χ0v) is 14.9. The number of nitrogens with one attached hydrogen (secondary N) is 1. The van der Waals surface area contributed by atoms with Gasteiger partial charge in [0.05, 0.1) is 6.04 Å². The predicted octanol–water partition coefficient (Wildman–Crippen LogP) is 5.46. The molecule has 0 bridgehead atoms. The second-order valence-electron chi connectivity index (χ2n) is 5.74. The number of rotatable bonds is 5. The molecule has 1 N–H and O–H groups in total. The Morgan fingerprint density at radius 1 is 0.905 bits per heavy atom. The molecule has 1 nitrogen and oxygen atoms in total. The second-order valence-corrected chi connectivity index (χ2v) is 6.59. The van der Waals surface area contributed by atoms with E-state index in [0.717, 1.165) is 13.0 Å². The predicted molar refractivity (Wildman–Crippen MR) is 94.9 cm³/mol. The molecule has 0 spiro atoms. The van der Waals surface area contributed by atoms with E-state index in [-0.39, 0.29) is 6.04 Å². The average molecular weight is 346 g/mol. The smallest absolute Gasteiger partial charge is 0.0576 e. The molecule has 2 heteroatoms. The molecule has 0 aliphatic rings. The lowest BCUT2D eigenvalue weighted by Crippen LogP contribution is -2.23. The summed E-state index contributed by atoms with van der Waals surface area (Å²) < 4.78 is 1.17. The van der Waals surface area contributed by atoms with E-state index in [2.05, 4.69) is 85.3 Å². The van der Waals surface area contributed by atoms with Crippen molar-refractivity contribution < 1.29 is 0 Å². The summed E-state index contributed by atoms with van der Waals surface area (Å²) in [6.45, 7) is 9.72. The Kier molecular flexibility index (Phi) is 5.60. The first-order valence-electron chi connectivity index (χ1n) is 7.59. The fourth-order valence-electron chi connectivity index (χ4n) is 2.51. The standard InChI is InChI=1S/C19H24BrN/c1-5-10-21-19(16-7-6-13(2)14(3)11-16)17-8-9-18(20)15(4)12-17/h6-9,11-12,19,21H,5,10H2,1-4H3. The van der Waals surface area contributed by atoms with Crippen LogP contribution in [0.1, 0.15) is 47.2 Å². The summed E-state index contributed by atoms with van der Waals surface area (Å²) in [5, 5.41) is 3.68. The van der Waals surface area contributed by atoms with Crippen LogP contribution in [0.3, 0.4) is 0 Å². The number of aryl methyl sites for hydroxylation is 3. The first-order valence-corrected chi connectivity index (χ1v) is 8.38. The summed E-state index contributed by atoms with van der Waals surface area (Å²) in [5.74, 6) is 0. The lowest BCUT2D eigenvalue weighted by Gasteiger charge is -2.21. The summed E-state index contributed by atoms with van der Waals surface area (Å²) in [6.07, 6.45) is 1.14. The van der Waals surface area contributed by atoms with Gasteiger partial charge in [0.1, 0.15) is 0 Å². The minimum atomic E-state index is 0.260. The van der Waals surface area contributed by atoms with Crippen LogP contribution in [0.2, 0.25) is 0 Å². The molecule has 0 aliphatic heterocycles. The minimum Gasteiger partial charge on any atom is -0.306 e. The fraction of sp³-hybridized carbons (Fsp3) is 0.368. The van der Waals surface area contributed by atoms with Crippen LogP contribution in [0, 0.1) is 20.8 Å². The van der Waals surface area contributed by atoms with Crippen molar-refractivity contribution in [3.8, 4) is 0 Å². The number of hydrogen-bond acceptors (Lipinski definition) is 1. The van der Waals surface area contributed by atoms with E-state index in [1.807, 2.05) is 0 Å². The summed E-state index contributed by atoms with van der Waals surface area (Å²) in [5.41, 5.74) is 6.64. The van der Waals surface area contributed by atoms with Crippen molar-refractivity contribution in [2.75, 3.05) is 6.54 Å². The highest BCUT2D eigenvalue weighted by molar-refractivity contribution is 9.10. The van der Waals surface area contributed by atoms with E-state index in [1.54, 1.807) is 0 Å². The first-order chi connectivity index (χ1) is 10.0. The van der Waals surface area contributed by atoms with Crippen LogP contribution < -0.4 is 5.32 Å². The largest absolute Gasteiger partial charge is 0.306 e. The molecular formula is C19H24BrN. The molecule has 2 aromatic rings. The molecule has 112 valence electrons. The maximum absolute atomic E-state index is 3.68. The Balaban J connectivity index is 2.41. The summed E-state index contributed by atoms with van der Waals surface area (Å²) in [7, 11) is 0. The van der Waals surface area contributed by atoms with Gasteiger partial charge in [-0.15, -0.1) is 0 Å². The normalized spacial score (nSPS) is 12.4. The molecule has 0 aliphatic carbocycles. The van der Waals surface area contributed by atoms with Gasteiger partial charge in [-0.2, -0.15) is 0 Å². The van der Waals surface area contributed by atoms with E-state index in [1.165, 1.54) is 32.3 Å². The van der Waals surface area contributed by atoms with Gasteiger partial charge in [0.15, 0.2) is 0 Å². The fourth-order valence-corrected chi connectivity index (χ4v) is 2.76. The molecule has 0 saturated heterocycles. The molecule has 0 heterocycles. The van der Waals surface area contributed by atoms with Gasteiger partial charge in [-0.05, 0) is 67.6 Å². The number of halogens is 1. The second kappa shape index (κ2) is 7.24. The lowest BCUT2D eigenvalue weighted by molar-refractivity contribution is 0.598. The Morgan fingerprint density at radius 2 is 1.52 bits per heavy atom. The lowest BCUT2D eigenvalue weighted by atomic mass is 9.94. The molecule has 2 aromatic carbocycles. The summed E-state index contributed by atoms with van der Waals surface area (Å²) >= 11 is 3.59. The molecule has 1 unspecified atom stereocenters. The summed E-state index contributed by atoms with van der Waals surface area (Å²) in [6, 6.07) is 13.7. The average Bonchev–Trinajstić information content (AvgIpc) is 2.46. The Morgan fingerprint density at radius 3 is 2.10 bits per heavy atom. The van der Waals surface area contributed by atoms with Crippen LogP contribution >= 0.6 is 15.9 Å². The van der Waals surface area contributed by atoms with E-state index in [4.69, 9.17) is 0 Å². The molecular weight excluding hydrogens is 322 g/mol. The van der Waals surface area contributed by atoms with E-state index in [9.17, 15) is 0 Å². The van der Waals surface area contributed by atoms with Crippen molar-refractivity contribution in [2.24, 2.45) is 0 Å². The van der Waals surface area contributed by atoms with Gasteiger partial charge < -0.3 is 5.32 Å². The monoisotopic (exact) mass is 345 g/mol. The maximum atomic E-state index is 3.68. The van der Waals surface area contributed by atoms with Crippen molar-refractivity contribution in [2.45, 2.75) is 40.2 Å². The number of benzene rings is 2. The Hall–Kier alpha value is -1.12. The van der Waals surface area contributed by atoms with Gasteiger partial charge in [0.25, 0.3) is 0 Å². The number of hydrogen-bond donors (Lipinski definition) is 1. The van der Waals surface area contributed by atoms with Crippen molar-refractivity contribution in [1.29, 1.82) is 0 Å². The molecule has 0 aromatic heterocycles. The van der Waals surface area contributed by atoms with E-state index >= 15 is 0 Å². The van der Waals surface area contributed by atoms with Crippen molar-refractivity contribution in [3.63, 3.8) is 0 Å². The topological polar surface area (TPSA) is 12.0 Å². The van der Waals surface area contributed by atoms with Gasteiger partial charge in [-0.25, -0.2) is 0 Å². The Bertz CT molecular complexity index is 567. The quantitative estimate of drug-likeness (QED) is 0.758. The van der Waals surface area contributed by atoms with Crippen LogP contribution in [0.15, 0.2) is 40.9 Å². The highest BCUT2D eigenvalue weighted by Gasteiger charge is 2.14. The molecule has 0 amide bonds. The third kappa shape index (κ3) is 3.96. The van der Waals surface area contributed by atoms with Crippen LogP contribution in [-0.4, -0.2) is 6.54 Å². The third-order valence-corrected chi connectivity index (χ3v) is 4.87. The SMILES string of the molecule is CCCNC(c1ccc(C)c(C)c1)c1ccc(Br)c(C)c1. The van der Waals surface area contributed by atoms with Crippen LogP contribution in [0.5, 0.6) is 0 Å². The first kappa shape index (κ1) is 16.3. The van der Waals surface area contributed by atoms with Crippen molar-refractivity contribution >= 4 is 15.9 Å². The van der Waals surface area contributed by atoms with E-state index < -0.39 is 0 Å². The van der Waals surface area contributed by atoms with Gasteiger partial charge in [-0.3, -0.25) is 0 Å². The Labute approximate surface area is 136 Å². The zero-order chi connectivity index (χ0) is 15.4. The van der Waals surface area contributed by atoms with Crippen LogP contribution in [-0.2, 0) is 0 Å². The molecule has 1 atom stereocenters. The minimum absolute atomic E-state index is 0.260. The summed E-state index contributed by atoms with van der Waals surface area (Å²) in [4.78, 5) is 0.